The van der Waals surface area contributed by atoms with Gasteiger partial charge in [0.25, 0.3) is 11.5 Å². The van der Waals surface area contributed by atoms with E-state index in [1.807, 2.05) is 6.07 Å². The van der Waals surface area contributed by atoms with Crippen molar-refractivity contribution in [1.82, 2.24) is 15.3 Å². The second kappa shape index (κ2) is 7.24. The van der Waals surface area contributed by atoms with Gasteiger partial charge in [-0.2, -0.15) is 0 Å². The van der Waals surface area contributed by atoms with Gasteiger partial charge in [-0.05, 0) is 30.5 Å². The van der Waals surface area contributed by atoms with Crippen LogP contribution in [0.25, 0.3) is 0 Å². The van der Waals surface area contributed by atoms with Crippen molar-refractivity contribution in [2.45, 2.75) is 12.8 Å². The molecule has 2 N–H and O–H groups in total. The molecular formula is C14H13Cl2N3O2. The van der Waals surface area contributed by atoms with Gasteiger partial charge in [-0.3, -0.25) is 9.59 Å². The number of nitrogens with one attached hydrogen (secondary N) is 2. The summed E-state index contributed by atoms with van der Waals surface area (Å²) in [5.41, 5.74) is 0.820. The van der Waals surface area contributed by atoms with Gasteiger partial charge in [-0.25, -0.2) is 4.98 Å². The molecule has 110 valence electrons. The van der Waals surface area contributed by atoms with Crippen molar-refractivity contribution >= 4 is 29.1 Å². The zero-order chi connectivity index (χ0) is 15.2. The molecule has 0 radical (unpaired) electrons. The molecule has 7 heteroatoms. The predicted molar refractivity (Wildman–Crippen MR) is 82.0 cm³/mol. The van der Waals surface area contributed by atoms with E-state index in [1.54, 1.807) is 12.1 Å². The van der Waals surface area contributed by atoms with Crippen LogP contribution in [0.5, 0.6) is 0 Å². The lowest BCUT2D eigenvalue weighted by atomic mass is 10.1. The summed E-state index contributed by atoms with van der Waals surface area (Å²) >= 11 is 11.9. The van der Waals surface area contributed by atoms with E-state index >= 15 is 0 Å². The van der Waals surface area contributed by atoms with Crippen LogP contribution >= 0.6 is 23.2 Å². The van der Waals surface area contributed by atoms with Crippen LogP contribution in [0.4, 0.5) is 0 Å². The Morgan fingerprint density at radius 1 is 1.33 bits per heavy atom. The van der Waals surface area contributed by atoms with Gasteiger partial charge in [-0.1, -0.05) is 29.3 Å². The molecule has 1 aromatic heterocycles. The first-order chi connectivity index (χ1) is 10.1. The molecule has 0 atom stereocenters. The average molecular weight is 326 g/mol. The highest BCUT2D eigenvalue weighted by atomic mass is 35.5. The lowest BCUT2D eigenvalue weighted by molar-refractivity contribution is 0.0948. The fraction of sp³-hybridized carbons (Fsp3) is 0.214. The molecule has 21 heavy (non-hydrogen) atoms. The van der Waals surface area contributed by atoms with Crippen molar-refractivity contribution in [3.8, 4) is 0 Å². The van der Waals surface area contributed by atoms with Crippen LogP contribution < -0.4 is 10.9 Å². The number of H-pyrrole nitrogens is 1. The Bertz CT molecular complexity index is 680. The number of hydrogen-bond donors (Lipinski definition) is 2. The molecule has 2 rings (SSSR count). The molecule has 0 spiro atoms. The quantitative estimate of drug-likeness (QED) is 0.829. The van der Waals surface area contributed by atoms with Crippen LogP contribution in [0.3, 0.4) is 0 Å². The first-order valence-corrected chi connectivity index (χ1v) is 7.09. The van der Waals surface area contributed by atoms with E-state index < -0.39 is 0 Å². The maximum Gasteiger partial charge on any atom is 0.271 e. The fourth-order valence-electron chi connectivity index (χ4n) is 1.76. The van der Waals surface area contributed by atoms with E-state index in [2.05, 4.69) is 15.3 Å². The summed E-state index contributed by atoms with van der Waals surface area (Å²) in [6.07, 6.45) is 3.82. The lowest BCUT2D eigenvalue weighted by Gasteiger charge is -2.06. The summed E-state index contributed by atoms with van der Waals surface area (Å²) in [4.78, 5) is 28.7. The maximum atomic E-state index is 11.7. The number of carbonyl (C=O) groups excluding carboxylic acids is 1. The van der Waals surface area contributed by atoms with Gasteiger partial charge in [0.2, 0.25) is 0 Å². The van der Waals surface area contributed by atoms with E-state index in [1.165, 1.54) is 6.20 Å². The van der Waals surface area contributed by atoms with Gasteiger partial charge in [0.15, 0.2) is 0 Å². The summed E-state index contributed by atoms with van der Waals surface area (Å²) < 4.78 is 0. The predicted octanol–water partition coefficient (Wildman–Crippen LogP) is 2.44. The number of benzene rings is 1. The second-order valence-corrected chi connectivity index (χ2v) is 5.24. The average Bonchev–Trinajstić information content (AvgIpc) is 2.46. The summed E-state index contributed by atoms with van der Waals surface area (Å²) in [6.45, 7) is 0.485. The maximum absolute atomic E-state index is 11.7. The van der Waals surface area contributed by atoms with E-state index in [4.69, 9.17) is 23.2 Å². The molecule has 1 amide bonds. The Kier molecular flexibility index (Phi) is 5.36. The third kappa shape index (κ3) is 4.58. The van der Waals surface area contributed by atoms with Crippen molar-refractivity contribution in [2.75, 3.05) is 6.54 Å². The lowest BCUT2D eigenvalue weighted by Crippen LogP contribution is -2.26. The number of aryl methyl sites for hydroxylation is 1. The van der Waals surface area contributed by atoms with E-state index in [0.29, 0.717) is 16.6 Å². The molecule has 2 aromatic rings. The first-order valence-electron chi connectivity index (χ1n) is 6.33. The number of carbonyl (C=O) groups is 1. The van der Waals surface area contributed by atoms with E-state index in [-0.39, 0.29) is 17.2 Å². The van der Waals surface area contributed by atoms with Crippen molar-refractivity contribution in [3.05, 3.63) is 62.2 Å². The monoisotopic (exact) mass is 325 g/mol. The molecule has 0 fully saturated rings. The third-order valence-electron chi connectivity index (χ3n) is 2.83. The molecule has 0 aliphatic rings. The number of nitrogens with zero attached hydrogens (tertiary/aromatic N) is 1. The summed E-state index contributed by atoms with van der Waals surface area (Å²) in [7, 11) is 0. The normalized spacial score (nSPS) is 10.4. The van der Waals surface area contributed by atoms with Crippen molar-refractivity contribution in [1.29, 1.82) is 0 Å². The second-order valence-electron chi connectivity index (χ2n) is 4.39. The molecule has 0 aliphatic carbocycles. The van der Waals surface area contributed by atoms with Crippen molar-refractivity contribution in [3.63, 3.8) is 0 Å². The smallest absolute Gasteiger partial charge is 0.271 e. The topological polar surface area (TPSA) is 74.8 Å². The third-order valence-corrected chi connectivity index (χ3v) is 3.42. The van der Waals surface area contributed by atoms with Gasteiger partial charge < -0.3 is 10.3 Å². The Morgan fingerprint density at radius 2 is 2.14 bits per heavy atom. The van der Waals surface area contributed by atoms with Crippen LogP contribution in [-0.2, 0) is 6.42 Å². The van der Waals surface area contributed by atoms with Crippen LogP contribution in [0.15, 0.2) is 35.4 Å². The summed E-state index contributed by atoms with van der Waals surface area (Å²) in [5, 5.41) is 3.95. The van der Waals surface area contributed by atoms with Gasteiger partial charge in [-0.15, -0.1) is 0 Å². The number of aromatic amines is 1. The summed E-state index contributed by atoms with van der Waals surface area (Å²) in [5.74, 6) is -0.326. The number of rotatable bonds is 5. The standard InChI is InChI=1S/C14H13Cl2N3O2/c15-10-4-3-9(11(16)6-10)2-1-5-17-14(21)12-7-19-13(20)8-18-12/h3-4,6-8H,1-2,5H2,(H,17,21)(H,19,20). The fourth-order valence-corrected chi connectivity index (χ4v) is 2.27. The van der Waals surface area contributed by atoms with E-state index in [9.17, 15) is 9.59 Å². The molecule has 1 aromatic carbocycles. The van der Waals surface area contributed by atoms with Crippen LogP contribution in [-0.4, -0.2) is 22.4 Å². The molecular weight excluding hydrogens is 313 g/mol. The van der Waals surface area contributed by atoms with Gasteiger partial charge in [0, 0.05) is 22.8 Å². The van der Waals surface area contributed by atoms with Gasteiger partial charge in [0.05, 0.1) is 6.20 Å². The minimum atomic E-state index is -0.344. The Balaban J connectivity index is 1.80. The largest absolute Gasteiger partial charge is 0.351 e. The highest BCUT2D eigenvalue weighted by molar-refractivity contribution is 6.35. The zero-order valence-corrected chi connectivity index (χ0v) is 12.5. The Hall–Kier alpha value is -1.85. The number of aromatic nitrogens is 2. The van der Waals surface area contributed by atoms with Crippen LogP contribution in [0.1, 0.15) is 22.5 Å². The van der Waals surface area contributed by atoms with Gasteiger partial charge >= 0.3 is 0 Å². The first kappa shape index (κ1) is 15.5. The molecule has 0 aliphatic heterocycles. The Labute approximate surface area is 131 Å². The minimum absolute atomic E-state index is 0.180. The molecule has 0 saturated heterocycles. The summed E-state index contributed by atoms with van der Waals surface area (Å²) in [6, 6.07) is 5.35. The molecule has 0 unspecified atom stereocenters. The zero-order valence-electron chi connectivity index (χ0n) is 11.0. The highest BCUT2D eigenvalue weighted by Gasteiger charge is 2.06. The number of amides is 1. The van der Waals surface area contributed by atoms with Crippen molar-refractivity contribution < 1.29 is 4.79 Å². The SMILES string of the molecule is O=C(NCCCc1ccc(Cl)cc1Cl)c1c[nH]c(=O)cn1. The molecule has 5 nitrogen and oxygen atoms in total. The van der Waals surface area contributed by atoms with Crippen molar-refractivity contribution in [2.24, 2.45) is 0 Å². The van der Waals surface area contributed by atoms with Gasteiger partial charge in [0.1, 0.15) is 5.69 Å². The minimum Gasteiger partial charge on any atom is -0.351 e. The van der Waals surface area contributed by atoms with Crippen LogP contribution in [0, 0.1) is 0 Å². The Morgan fingerprint density at radius 3 is 2.81 bits per heavy atom. The van der Waals surface area contributed by atoms with E-state index in [0.717, 1.165) is 24.6 Å². The molecule has 0 bridgehead atoms. The molecule has 1 heterocycles. The number of halogens is 2. The van der Waals surface area contributed by atoms with Crippen LogP contribution in [0.2, 0.25) is 10.0 Å². The number of hydrogen-bond acceptors (Lipinski definition) is 3. The molecule has 0 saturated carbocycles. The highest BCUT2D eigenvalue weighted by Crippen LogP contribution is 2.21.